The fourth-order valence-corrected chi connectivity index (χ4v) is 1.99. The number of nitrogens with zero attached hydrogens (tertiary/aromatic N) is 1. The van der Waals surface area contributed by atoms with Crippen LogP contribution in [0, 0.1) is 5.92 Å². The molecule has 0 radical (unpaired) electrons. The number of rotatable bonds is 1. The highest BCUT2D eigenvalue weighted by atomic mass is 16.6. The first-order valence-corrected chi connectivity index (χ1v) is 4.55. The smallest absolute Gasteiger partial charge is 0.225 e. The average Bonchev–Trinajstić information content (AvgIpc) is 2.79. The summed E-state index contributed by atoms with van der Waals surface area (Å²) in [4.78, 5) is 13.2. The van der Waals surface area contributed by atoms with Crippen LogP contribution < -0.4 is 0 Å². The Hall–Kier alpha value is -0.570. The van der Waals surface area contributed by atoms with Crippen LogP contribution in [0.15, 0.2) is 0 Å². The van der Waals surface area contributed by atoms with Crippen LogP contribution >= 0.6 is 0 Å². The van der Waals surface area contributed by atoms with Gasteiger partial charge in [-0.25, -0.2) is 0 Å². The van der Waals surface area contributed by atoms with Gasteiger partial charge in [-0.05, 0) is 19.3 Å². The highest BCUT2D eigenvalue weighted by Crippen LogP contribution is 2.39. The second kappa shape index (κ2) is 2.73. The van der Waals surface area contributed by atoms with Crippen molar-refractivity contribution in [2.45, 2.75) is 31.5 Å². The van der Waals surface area contributed by atoms with E-state index in [1.54, 1.807) is 4.90 Å². The maximum atomic E-state index is 11.5. The topological polar surface area (TPSA) is 32.8 Å². The Morgan fingerprint density at radius 2 is 2.08 bits per heavy atom. The summed E-state index contributed by atoms with van der Waals surface area (Å²) in [7, 11) is 3.64. The minimum absolute atomic E-state index is 0.226. The monoisotopic (exact) mass is 169 g/mol. The molecule has 1 saturated heterocycles. The van der Waals surface area contributed by atoms with E-state index < -0.39 is 0 Å². The molecule has 0 spiro atoms. The first-order chi connectivity index (χ1) is 5.68. The van der Waals surface area contributed by atoms with Gasteiger partial charge in [0.25, 0.3) is 0 Å². The van der Waals surface area contributed by atoms with Crippen molar-refractivity contribution in [3.8, 4) is 0 Å². The molecule has 0 aromatic rings. The van der Waals surface area contributed by atoms with Crippen LogP contribution in [0.5, 0.6) is 0 Å². The molecule has 3 heteroatoms. The van der Waals surface area contributed by atoms with Gasteiger partial charge in [0.05, 0.1) is 12.2 Å². The molecule has 1 heterocycles. The summed E-state index contributed by atoms with van der Waals surface area (Å²) >= 11 is 0. The summed E-state index contributed by atoms with van der Waals surface area (Å²) < 4.78 is 5.37. The fourth-order valence-electron chi connectivity index (χ4n) is 1.99. The molecule has 12 heavy (non-hydrogen) atoms. The molecule has 0 N–H and O–H groups in total. The van der Waals surface area contributed by atoms with Gasteiger partial charge < -0.3 is 9.64 Å². The largest absolute Gasteiger partial charge is 0.370 e. The fraction of sp³-hybridized carbons (Fsp3) is 0.889. The van der Waals surface area contributed by atoms with Crippen LogP contribution in [-0.4, -0.2) is 37.1 Å². The van der Waals surface area contributed by atoms with Crippen molar-refractivity contribution in [2.75, 3.05) is 14.1 Å². The molecular formula is C9H15NO2. The van der Waals surface area contributed by atoms with E-state index in [4.69, 9.17) is 4.74 Å². The van der Waals surface area contributed by atoms with Gasteiger partial charge in [-0.3, -0.25) is 4.79 Å². The molecule has 0 aromatic heterocycles. The van der Waals surface area contributed by atoms with Gasteiger partial charge in [0.1, 0.15) is 0 Å². The SMILES string of the molecule is CN(C)C(=O)[C@H]1CC[C@H]2O[C@H]2C1. The summed E-state index contributed by atoms with van der Waals surface area (Å²) in [6.07, 6.45) is 3.94. The third-order valence-electron chi connectivity index (χ3n) is 2.79. The minimum atomic E-state index is 0.226. The van der Waals surface area contributed by atoms with Gasteiger partial charge in [-0.15, -0.1) is 0 Å². The lowest BCUT2D eigenvalue weighted by Crippen LogP contribution is -2.32. The summed E-state index contributed by atoms with van der Waals surface area (Å²) in [6, 6.07) is 0. The quantitative estimate of drug-likeness (QED) is 0.540. The van der Waals surface area contributed by atoms with Crippen LogP contribution in [0.1, 0.15) is 19.3 Å². The van der Waals surface area contributed by atoms with E-state index in [0.717, 1.165) is 19.3 Å². The first kappa shape index (κ1) is 8.05. The summed E-state index contributed by atoms with van der Waals surface area (Å²) in [5, 5.41) is 0. The highest BCUT2D eigenvalue weighted by Gasteiger charge is 2.45. The highest BCUT2D eigenvalue weighted by molar-refractivity contribution is 5.78. The molecular weight excluding hydrogens is 154 g/mol. The molecule has 68 valence electrons. The predicted molar refractivity (Wildman–Crippen MR) is 44.7 cm³/mol. The van der Waals surface area contributed by atoms with E-state index in [2.05, 4.69) is 0 Å². The summed E-state index contributed by atoms with van der Waals surface area (Å²) in [6.45, 7) is 0. The lowest BCUT2D eigenvalue weighted by Gasteiger charge is -2.21. The zero-order valence-electron chi connectivity index (χ0n) is 7.62. The number of hydrogen-bond acceptors (Lipinski definition) is 2. The number of fused-ring (bicyclic) bond motifs is 1. The number of carbonyl (C=O) groups excluding carboxylic acids is 1. The Balaban J connectivity index is 1.91. The molecule has 2 rings (SSSR count). The van der Waals surface area contributed by atoms with Gasteiger partial charge in [0, 0.05) is 20.0 Å². The molecule has 1 aliphatic carbocycles. The predicted octanol–water partition coefficient (Wildman–Crippen LogP) is 0.642. The number of carbonyl (C=O) groups is 1. The third-order valence-corrected chi connectivity index (χ3v) is 2.79. The molecule has 1 aliphatic heterocycles. The van der Waals surface area contributed by atoms with Crippen molar-refractivity contribution in [3.63, 3.8) is 0 Å². The Morgan fingerprint density at radius 1 is 1.33 bits per heavy atom. The van der Waals surface area contributed by atoms with Crippen LogP contribution in [0.4, 0.5) is 0 Å². The van der Waals surface area contributed by atoms with E-state index in [1.807, 2.05) is 14.1 Å². The number of ether oxygens (including phenoxy) is 1. The zero-order chi connectivity index (χ0) is 8.72. The van der Waals surface area contributed by atoms with E-state index >= 15 is 0 Å². The van der Waals surface area contributed by atoms with Crippen molar-refractivity contribution in [1.82, 2.24) is 4.90 Å². The van der Waals surface area contributed by atoms with E-state index in [1.165, 1.54) is 0 Å². The summed E-state index contributed by atoms with van der Waals surface area (Å²) in [5.74, 6) is 0.493. The lowest BCUT2D eigenvalue weighted by atomic mass is 9.88. The Bertz CT molecular complexity index is 203. The van der Waals surface area contributed by atoms with E-state index in [-0.39, 0.29) is 11.8 Å². The van der Waals surface area contributed by atoms with Crippen molar-refractivity contribution in [2.24, 2.45) is 5.92 Å². The van der Waals surface area contributed by atoms with Crippen LogP contribution in [0.25, 0.3) is 0 Å². The van der Waals surface area contributed by atoms with Gasteiger partial charge in [-0.2, -0.15) is 0 Å². The van der Waals surface area contributed by atoms with E-state index in [9.17, 15) is 4.79 Å². The molecule has 1 saturated carbocycles. The Morgan fingerprint density at radius 3 is 2.67 bits per heavy atom. The first-order valence-electron chi connectivity index (χ1n) is 4.55. The van der Waals surface area contributed by atoms with Crippen LogP contribution in [0.2, 0.25) is 0 Å². The van der Waals surface area contributed by atoms with Gasteiger partial charge in [0.2, 0.25) is 5.91 Å². The Labute approximate surface area is 72.7 Å². The zero-order valence-corrected chi connectivity index (χ0v) is 7.62. The number of epoxide rings is 1. The van der Waals surface area contributed by atoms with E-state index in [0.29, 0.717) is 12.2 Å². The molecule has 0 unspecified atom stereocenters. The van der Waals surface area contributed by atoms with Gasteiger partial charge in [0.15, 0.2) is 0 Å². The third kappa shape index (κ3) is 1.33. The molecule has 3 atom stereocenters. The molecule has 1 amide bonds. The normalized spacial score (nSPS) is 38.7. The second-order valence-corrected chi connectivity index (χ2v) is 3.96. The van der Waals surface area contributed by atoms with Gasteiger partial charge in [-0.1, -0.05) is 0 Å². The molecule has 3 nitrogen and oxygen atoms in total. The molecule has 2 fully saturated rings. The van der Waals surface area contributed by atoms with Crippen LogP contribution in [0.3, 0.4) is 0 Å². The van der Waals surface area contributed by atoms with Crippen molar-refractivity contribution in [3.05, 3.63) is 0 Å². The van der Waals surface area contributed by atoms with Gasteiger partial charge >= 0.3 is 0 Å². The summed E-state index contributed by atoms with van der Waals surface area (Å²) in [5.41, 5.74) is 0. The van der Waals surface area contributed by atoms with Crippen molar-refractivity contribution >= 4 is 5.91 Å². The minimum Gasteiger partial charge on any atom is -0.370 e. The van der Waals surface area contributed by atoms with Crippen molar-refractivity contribution < 1.29 is 9.53 Å². The van der Waals surface area contributed by atoms with Crippen LogP contribution in [-0.2, 0) is 9.53 Å². The molecule has 0 aromatic carbocycles. The molecule has 2 aliphatic rings. The maximum Gasteiger partial charge on any atom is 0.225 e. The Kier molecular flexibility index (Phi) is 1.83. The second-order valence-electron chi connectivity index (χ2n) is 3.96. The molecule has 0 bridgehead atoms. The van der Waals surface area contributed by atoms with Crippen molar-refractivity contribution in [1.29, 1.82) is 0 Å². The average molecular weight is 169 g/mol. The lowest BCUT2D eigenvalue weighted by molar-refractivity contribution is -0.133. The number of hydrogen-bond donors (Lipinski definition) is 0. The maximum absolute atomic E-state index is 11.5. The standard InChI is InChI=1S/C9H15NO2/c1-10(2)9(11)6-3-4-7-8(5-6)12-7/h6-8H,3-5H2,1-2H3/t6-,7+,8-/m0/s1. The number of amides is 1.